The van der Waals surface area contributed by atoms with E-state index in [0.717, 1.165) is 4.90 Å². The summed E-state index contributed by atoms with van der Waals surface area (Å²) in [5.74, 6) is -0.206. The maximum atomic E-state index is 13.2. The highest BCUT2D eigenvalue weighted by molar-refractivity contribution is 6.09. The zero-order valence-electron chi connectivity index (χ0n) is 16.6. The van der Waals surface area contributed by atoms with E-state index < -0.39 is 35.7 Å². The minimum absolute atomic E-state index is 0.198. The van der Waals surface area contributed by atoms with Crippen LogP contribution < -0.4 is 20.1 Å². The van der Waals surface area contributed by atoms with Gasteiger partial charge in [0.1, 0.15) is 36.0 Å². The molecule has 1 aliphatic heterocycles. The van der Waals surface area contributed by atoms with Crippen molar-refractivity contribution in [2.45, 2.75) is 12.5 Å². The van der Waals surface area contributed by atoms with Gasteiger partial charge in [0.05, 0.1) is 13.7 Å². The first kappa shape index (κ1) is 21.1. The van der Waals surface area contributed by atoms with Gasteiger partial charge in [-0.3, -0.25) is 14.5 Å². The molecule has 158 valence electrons. The largest absolute Gasteiger partial charge is 0.497 e. The van der Waals surface area contributed by atoms with Crippen LogP contribution in [0, 0.1) is 5.82 Å². The molecule has 2 aromatic rings. The van der Waals surface area contributed by atoms with E-state index in [0.29, 0.717) is 17.1 Å². The second-order valence-corrected chi connectivity index (χ2v) is 6.83. The molecule has 3 rings (SSSR count). The molecule has 1 saturated heterocycles. The molecule has 1 heterocycles. The number of benzene rings is 2. The zero-order chi connectivity index (χ0) is 21.7. The molecule has 0 aromatic heterocycles. The molecule has 8 nitrogen and oxygen atoms in total. The summed E-state index contributed by atoms with van der Waals surface area (Å²) in [6.07, 6.45) is 0. The Morgan fingerprint density at radius 2 is 1.73 bits per heavy atom. The SMILES string of the molecule is COc1ccc(OCCNC(=O)CN2C(=O)NC(C)(c3ccc(F)cc3)C2=O)cc1. The molecule has 0 aliphatic carbocycles. The smallest absolute Gasteiger partial charge is 0.325 e. The van der Waals surface area contributed by atoms with Gasteiger partial charge in [0.25, 0.3) is 5.91 Å². The van der Waals surface area contributed by atoms with E-state index in [1.54, 1.807) is 31.4 Å². The summed E-state index contributed by atoms with van der Waals surface area (Å²) in [6, 6.07) is 11.6. The third kappa shape index (κ3) is 4.51. The molecule has 30 heavy (non-hydrogen) atoms. The molecular weight excluding hydrogens is 393 g/mol. The predicted molar refractivity (Wildman–Crippen MR) is 105 cm³/mol. The lowest BCUT2D eigenvalue weighted by Crippen LogP contribution is -2.43. The fourth-order valence-electron chi connectivity index (χ4n) is 3.05. The number of hydrogen-bond acceptors (Lipinski definition) is 5. The Balaban J connectivity index is 1.50. The van der Waals surface area contributed by atoms with Crippen molar-refractivity contribution in [3.05, 3.63) is 59.9 Å². The van der Waals surface area contributed by atoms with Crippen molar-refractivity contribution in [3.63, 3.8) is 0 Å². The van der Waals surface area contributed by atoms with Gasteiger partial charge in [-0.1, -0.05) is 12.1 Å². The topological polar surface area (TPSA) is 97.0 Å². The third-order valence-electron chi connectivity index (χ3n) is 4.75. The van der Waals surface area contributed by atoms with Crippen molar-refractivity contribution in [1.82, 2.24) is 15.5 Å². The molecule has 1 atom stereocenters. The highest BCUT2D eigenvalue weighted by Gasteiger charge is 2.49. The zero-order valence-corrected chi connectivity index (χ0v) is 16.6. The van der Waals surface area contributed by atoms with Gasteiger partial charge in [-0.25, -0.2) is 9.18 Å². The van der Waals surface area contributed by atoms with E-state index in [-0.39, 0.29) is 13.2 Å². The molecule has 2 N–H and O–H groups in total. The third-order valence-corrected chi connectivity index (χ3v) is 4.75. The molecular formula is C21H22FN3O5. The molecule has 0 saturated carbocycles. The molecule has 1 aliphatic rings. The number of ether oxygens (including phenoxy) is 2. The van der Waals surface area contributed by atoms with Crippen molar-refractivity contribution in [2.75, 3.05) is 26.8 Å². The van der Waals surface area contributed by atoms with Crippen LogP contribution in [0.15, 0.2) is 48.5 Å². The van der Waals surface area contributed by atoms with E-state index in [4.69, 9.17) is 9.47 Å². The summed E-state index contributed by atoms with van der Waals surface area (Å²) in [5.41, 5.74) is -0.930. The molecule has 1 unspecified atom stereocenters. The van der Waals surface area contributed by atoms with Crippen LogP contribution >= 0.6 is 0 Å². The number of nitrogens with one attached hydrogen (secondary N) is 2. The maximum Gasteiger partial charge on any atom is 0.325 e. The van der Waals surface area contributed by atoms with Crippen LogP contribution in [0.1, 0.15) is 12.5 Å². The van der Waals surface area contributed by atoms with Gasteiger partial charge in [-0.05, 0) is 48.9 Å². The first-order valence-electron chi connectivity index (χ1n) is 9.27. The normalized spacial score (nSPS) is 18.2. The second kappa shape index (κ2) is 8.81. The second-order valence-electron chi connectivity index (χ2n) is 6.83. The van der Waals surface area contributed by atoms with Gasteiger partial charge < -0.3 is 20.1 Å². The molecule has 0 spiro atoms. The quantitative estimate of drug-likeness (QED) is 0.506. The summed E-state index contributed by atoms with van der Waals surface area (Å²) in [6.45, 7) is 1.50. The maximum absolute atomic E-state index is 13.2. The Bertz CT molecular complexity index is 933. The Morgan fingerprint density at radius 1 is 1.10 bits per heavy atom. The van der Waals surface area contributed by atoms with Gasteiger partial charge in [0, 0.05) is 0 Å². The van der Waals surface area contributed by atoms with Crippen molar-refractivity contribution in [1.29, 1.82) is 0 Å². The van der Waals surface area contributed by atoms with Crippen LogP contribution in [0.4, 0.5) is 9.18 Å². The number of imide groups is 1. The van der Waals surface area contributed by atoms with Gasteiger partial charge in [0.2, 0.25) is 5.91 Å². The molecule has 1 fully saturated rings. The Labute approximate surface area is 173 Å². The standard InChI is InChI=1S/C21H22FN3O5/c1-21(14-3-5-15(22)6-4-14)19(27)25(20(28)24-21)13-18(26)23-11-12-30-17-9-7-16(29-2)8-10-17/h3-10H,11-13H2,1-2H3,(H,23,26)(H,24,28). The van der Waals surface area contributed by atoms with Crippen LogP contribution in [-0.4, -0.2) is 49.6 Å². The molecule has 4 amide bonds. The first-order valence-corrected chi connectivity index (χ1v) is 9.27. The van der Waals surface area contributed by atoms with Gasteiger partial charge >= 0.3 is 6.03 Å². The summed E-state index contributed by atoms with van der Waals surface area (Å²) >= 11 is 0. The van der Waals surface area contributed by atoms with E-state index in [1.165, 1.54) is 31.2 Å². The lowest BCUT2D eigenvalue weighted by molar-refractivity contribution is -0.134. The molecule has 0 radical (unpaired) electrons. The fraction of sp³-hybridized carbons (Fsp3) is 0.286. The number of rotatable bonds is 8. The highest BCUT2D eigenvalue weighted by Crippen LogP contribution is 2.28. The number of hydrogen-bond donors (Lipinski definition) is 2. The van der Waals surface area contributed by atoms with Gasteiger partial charge in [-0.2, -0.15) is 0 Å². The van der Waals surface area contributed by atoms with Crippen LogP contribution in [0.3, 0.4) is 0 Å². The number of carbonyl (C=O) groups excluding carboxylic acids is 3. The van der Waals surface area contributed by atoms with Crippen molar-refractivity contribution in [3.8, 4) is 11.5 Å². The van der Waals surface area contributed by atoms with Crippen LogP contribution in [0.25, 0.3) is 0 Å². The van der Waals surface area contributed by atoms with Crippen LogP contribution in [-0.2, 0) is 15.1 Å². The average Bonchev–Trinajstić information content (AvgIpc) is 2.96. The number of carbonyl (C=O) groups is 3. The highest BCUT2D eigenvalue weighted by atomic mass is 19.1. The molecule has 2 aromatic carbocycles. The number of methoxy groups -OCH3 is 1. The molecule has 9 heteroatoms. The number of halogens is 1. The van der Waals surface area contributed by atoms with Crippen LogP contribution in [0.5, 0.6) is 11.5 Å². The fourth-order valence-corrected chi connectivity index (χ4v) is 3.05. The van der Waals surface area contributed by atoms with E-state index in [2.05, 4.69) is 10.6 Å². The summed E-state index contributed by atoms with van der Waals surface area (Å²) in [7, 11) is 1.57. The monoisotopic (exact) mass is 415 g/mol. The number of urea groups is 1. The Kier molecular flexibility index (Phi) is 6.20. The Morgan fingerprint density at radius 3 is 2.37 bits per heavy atom. The van der Waals surface area contributed by atoms with E-state index >= 15 is 0 Å². The summed E-state index contributed by atoms with van der Waals surface area (Å²) < 4.78 is 23.7. The van der Waals surface area contributed by atoms with Gasteiger partial charge in [-0.15, -0.1) is 0 Å². The summed E-state index contributed by atoms with van der Waals surface area (Å²) in [4.78, 5) is 38.0. The minimum atomic E-state index is -1.36. The lowest BCUT2D eigenvalue weighted by Gasteiger charge is -2.22. The number of amides is 4. The average molecular weight is 415 g/mol. The molecule has 0 bridgehead atoms. The van der Waals surface area contributed by atoms with Gasteiger partial charge in [0.15, 0.2) is 0 Å². The van der Waals surface area contributed by atoms with Crippen molar-refractivity contribution in [2.24, 2.45) is 0 Å². The van der Waals surface area contributed by atoms with Crippen molar-refractivity contribution >= 4 is 17.8 Å². The minimum Gasteiger partial charge on any atom is -0.497 e. The summed E-state index contributed by atoms with van der Waals surface area (Å²) in [5, 5.41) is 5.18. The predicted octanol–water partition coefficient (Wildman–Crippen LogP) is 1.80. The van der Waals surface area contributed by atoms with Crippen LogP contribution in [0.2, 0.25) is 0 Å². The number of nitrogens with zero attached hydrogens (tertiary/aromatic N) is 1. The first-order chi connectivity index (χ1) is 14.3. The van der Waals surface area contributed by atoms with E-state index in [9.17, 15) is 18.8 Å². The van der Waals surface area contributed by atoms with E-state index in [1.807, 2.05) is 0 Å². The van der Waals surface area contributed by atoms with Crippen molar-refractivity contribution < 1.29 is 28.2 Å². The Hall–Kier alpha value is -3.62. The lowest BCUT2D eigenvalue weighted by atomic mass is 9.92.